The summed E-state index contributed by atoms with van der Waals surface area (Å²) in [6.45, 7) is 6.24. The molecule has 0 bridgehead atoms. The maximum absolute atomic E-state index is 4.41. The summed E-state index contributed by atoms with van der Waals surface area (Å²) < 4.78 is 0. The molecule has 2 rings (SSSR count). The molecule has 1 aromatic heterocycles. The third kappa shape index (κ3) is 2.06. The van der Waals surface area contributed by atoms with Crippen LogP contribution in [-0.4, -0.2) is 15.2 Å². The minimum Gasteiger partial charge on any atom is -0.263 e. The number of hydrogen-bond donors (Lipinski definition) is 1. The first kappa shape index (κ1) is 9.90. The molecule has 1 heterocycles. The molecule has 0 saturated heterocycles. The fourth-order valence-electron chi connectivity index (χ4n) is 1.69. The van der Waals surface area contributed by atoms with Crippen molar-refractivity contribution in [2.24, 2.45) is 0 Å². The van der Waals surface area contributed by atoms with Gasteiger partial charge in [-0.3, -0.25) is 5.10 Å². The normalized spacial score (nSPS) is 10.6. The van der Waals surface area contributed by atoms with E-state index < -0.39 is 0 Å². The zero-order valence-electron chi connectivity index (χ0n) is 9.33. The zero-order valence-corrected chi connectivity index (χ0v) is 9.33. The van der Waals surface area contributed by atoms with Crippen molar-refractivity contribution in [3.63, 3.8) is 0 Å². The van der Waals surface area contributed by atoms with Gasteiger partial charge < -0.3 is 0 Å². The van der Waals surface area contributed by atoms with Gasteiger partial charge in [0, 0.05) is 12.0 Å². The molecule has 0 radical (unpaired) electrons. The van der Waals surface area contributed by atoms with E-state index in [0.29, 0.717) is 0 Å². The van der Waals surface area contributed by atoms with Crippen LogP contribution in [0.5, 0.6) is 0 Å². The molecule has 3 heteroatoms. The number of benzene rings is 1. The number of hydrogen-bond acceptors (Lipinski definition) is 2. The minimum absolute atomic E-state index is 0.790. The Balaban J connectivity index is 2.44. The largest absolute Gasteiger partial charge is 0.263 e. The van der Waals surface area contributed by atoms with Crippen LogP contribution < -0.4 is 0 Å². The van der Waals surface area contributed by atoms with Crippen molar-refractivity contribution in [2.75, 3.05) is 0 Å². The molecule has 0 aliphatic heterocycles. The smallest absolute Gasteiger partial charge is 0.181 e. The van der Waals surface area contributed by atoms with Crippen LogP contribution in [0.4, 0.5) is 0 Å². The van der Waals surface area contributed by atoms with Gasteiger partial charge in [-0.1, -0.05) is 24.1 Å². The Morgan fingerprint density at radius 1 is 1.13 bits per heavy atom. The van der Waals surface area contributed by atoms with Gasteiger partial charge in [0.05, 0.1) is 0 Å². The quantitative estimate of drug-likeness (QED) is 0.811. The monoisotopic (exact) mass is 201 g/mol. The van der Waals surface area contributed by atoms with Crippen molar-refractivity contribution < 1.29 is 0 Å². The topological polar surface area (TPSA) is 41.6 Å². The lowest BCUT2D eigenvalue weighted by atomic mass is 10.1. The average Bonchev–Trinajstić information content (AvgIpc) is 2.64. The van der Waals surface area contributed by atoms with Gasteiger partial charge in [-0.2, -0.15) is 5.10 Å². The van der Waals surface area contributed by atoms with E-state index in [0.717, 1.165) is 23.6 Å². The highest BCUT2D eigenvalue weighted by molar-refractivity contribution is 5.57. The van der Waals surface area contributed by atoms with E-state index in [4.69, 9.17) is 0 Å². The summed E-state index contributed by atoms with van der Waals surface area (Å²) in [6.07, 6.45) is 0.887. The summed E-state index contributed by atoms with van der Waals surface area (Å²) in [5.74, 6) is 1.72. The molecule has 3 nitrogen and oxygen atoms in total. The average molecular weight is 201 g/mol. The predicted octanol–water partition coefficient (Wildman–Crippen LogP) is 2.65. The van der Waals surface area contributed by atoms with Crippen LogP contribution in [0.2, 0.25) is 0 Å². The summed E-state index contributed by atoms with van der Waals surface area (Å²) in [4.78, 5) is 4.41. The molecular formula is C12H15N3. The van der Waals surface area contributed by atoms with Crippen LogP contribution in [-0.2, 0) is 6.42 Å². The van der Waals surface area contributed by atoms with Crippen molar-refractivity contribution in [1.82, 2.24) is 15.2 Å². The molecule has 1 N–H and O–H groups in total. The Bertz CT molecular complexity index is 451. The molecule has 0 spiro atoms. The lowest BCUT2D eigenvalue weighted by molar-refractivity contribution is 0.946. The first-order valence-corrected chi connectivity index (χ1v) is 5.19. The number of H-pyrrole nitrogens is 1. The van der Waals surface area contributed by atoms with Gasteiger partial charge in [0.1, 0.15) is 5.82 Å². The van der Waals surface area contributed by atoms with Crippen molar-refractivity contribution in [3.05, 3.63) is 35.2 Å². The minimum atomic E-state index is 0.790. The van der Waals surface area contributed by atoms with E-state index in [1.807, 2.05) is 0 Å². The van der Waals surface area contributed by atoms with Gasteiger partial charge in [0.25, 0.3) is 0 Å². The van der Waals surface area contributed by atoms with Gasteiger partial charge in [0.15, 0.2) is 5.82 Å². The number of nitrogens with one attached hydrogen (secondary N) is 1. The van der Waals surface area contributed by atoms with E-state index in [2.05, 4.69) is 54.2 Å². The third-order valence-corrected chi connectivity index (χ3v) is 2.35. The molecule has 2 aromatic rings. The van der Waals surface area contributed by atoms with E-state index in [1.165, 1.54) is 11.1 Å². The highest BCUT2D eigenvalue weighted by Gasteiger charge is 2.05. The predicted molar refractivity (Wildman–Crippen MR) is 60.7 cm³/mol. The summed E-state index contributed by atoms with van der Waals surface area (Å²) >= 11 is 0. The number of aryl methyl sites for hydroxylation is 3. The lowest BCUT2D eigenvalue weighted by Gasteiger charge is -2.00. The highest BCUT2D eigenvalue weighted by atomic mass is 15.2. The molecular weight excluding hydrogens is 186 g/mol. The fraction of sp³-hybridized carbons (Fsp3) is 0.333. The van der Waals surface area contributed by atoms with E-state index in [1.54, 1.807) is 0 Å². The van der Waals surface area contributed by atoms with Gasteiger partial charge in [0.2, 0.25) is 0 Å². The van der Waals surface area contributed by atoms with E-state index in [-0.39, 0.29) is 0 Å². The van der Waals surface area contributed by atoms with Gasteiger partial charge in [-0.15, -0.1) is 0 Å². The maximum Gasteiger partial charge on any atom is 0.181 e. The zero-order chi connectivity index (χ0) is 10.8. The standard InChI is InChI=1S/C12H15N3/c1-4-11-13-12(15-14-11)10-6-8(2)5-9(3)7-10/h5-7H,4H2,1-3H3,(H,13,14,15). The second-order valence-corrected chi connectivity index (χ2v) is 3.84. The number of aromatic amines is 1. The fourth-order valence-corrected chi connectivity index (χ4v) is 1.69. The first-order chi connectivity index (χ1) is 7.19. The summed E-state index contributed by atoms with van der Waals surface area (Å²) in [5, 5.41) is 7.14. The SMILES string of the molecule is CCc1nc(-c2cc(C)cc(C)c2)n[nH]1. The Hall–Kier alpha value is -1.64. The summed E-state index contributed by atoms with van der Waals surface area (Å²) in [5.41, 5.74) is 3.57. The van der Waals surface area contributed by atoms with Crippen molar-refractivity contribution in [1.29, 1.82) is 0 Å². The lowest BCUT2D eigenvalue weighted by Crippen LogP contribution is -1.85. The molecule has 0 atom stereocenters. The highest BCUT2D eigenvalue weighted by Crippen LogP contribution is 2.18. The molecule has 1 aromatic carbocycles. The van der Waals surface area contributed by atoms with Crippen LogP contribution in [0.25, 0.3) is 11.4 Å². The molecule has 0 fully saturated rings. The van der Waals surface area contributed by atoms with Gasteiger partial charge >= 0.3 is 0 Å². The van der Waals surface area contributed by atoms with Crippen LogP contribution >= 0.6 is 0 Å². The Labute approximate surface area is 89.6 Å². The van der Waals surface area contributed by atoms with Crippen molar-refractivity contribution in [2.45, 2.75) is 27.2 Å². The molecule has 15 heavy (non-hydrogen) atoms. The number of rotatable bonds is 2. The van der Waals surface area contributed by atoms with Crippen LogP contribution in [0.3, 0.4) is 0 Å². The molecule has 0 amide bonds. The van der Waals surface area contributed by atoms with Gasteiger partial charge in [-0.05, 0) is 26.0 Å². The third-order valence-electron chi connectivity index (χ3n) is 2.35. The molecule has 0 unspecified atom stereocenters. The van der Waals surface area contributed by atoms with Crippen LogP contribution in [0, 0.1) is 13.8 Å². The van der Waals surface area contributed by atoms with Crippen LogP contribution in [0.1, 0.15) is 23.9 Å². The Kier molecular flexibility index (Phi) is 2.54. The second-order valence-electron chi connectivity index (χ2n) is 3.84. The Morgan fingerprint density at radius 3 is 2.33 bits per heavy atom. The molecule has 0 aliphatic carbocycles. The number of nitrogens with zero attached hydrogens (tertiary/aromatic N) is 2. The first-order valence-electron chi connectivity index (χ1n) is 5.19. The second kappa shape index (κ2) is 3.85. The van der Waals surface area contributed by atoms with Crippen LogP contribution in [0.15, 0.2) is 18.2 Å². The molecule has 0 aliphatic rings. The summed E-state index contributed by atoms with van der Waals surface area (Å²) in [7, 11) is 0. The molecule has 0 saturated carbocycles. The van der Waals surface area contributed by atoms with E-state index in [9.17, 15) is 0 Å². The molecule has 78 valence electrons. The van der Waals surface area contributed by atoms with E-state index >= 15 is 0 Å². The van der Waals surface area contributed by atoms with Crippen molar-refractivity contribution >= 4 is 0 Å². The maximum atomic E-state index is 4.41. The van der Waals surface area contributed by atoms with Gasteiger partial charge in [-0.25, -0.2) is 4.98 Å². The van der Waals surface area contributed by atoms with Crippen molar-refractivity contribution in [3.8, 4) is 11.4 Å². The Morgan fingerprint density at radius 2 is 1.80 bits per heavy atom. The number of aromatic nitrogens is 3. The summed E-state index contributed by atoms with van der Waals surface area (Å²) in [6, 6.07) is 6.36.